The molecule has 2 aromatic rings. The summed E-state index contributed by atoms with van der Waals surface area (Å²) < 4.78 is 1.76. The summed E-state index contributed by atoms with van der Waals surface area (Å²) in [5, 5.41) is 16.2. The average molecular weight is 315 g/mol. The molecule has 6 heteroatoms. The maximum absolute atomic E-state index is 12.4. The van der Waals surface area contributed by atoms with Crippen LogP contribution in [0.3, 0.4) is 0 Å². The van der Waals surface area contributed by atoms with E-state index in [2.05, 4.69) is 24.3 Å². The molecule has 1 heterocycles. The Morgan fingerprint density at radius 1 is 1.26 bits per heavy atom. The van der Waals surface area contributed by atoms with Crippen LogP contribution in [-0.2, 0) is 11.3 Å². The average Bonchev–Trinajstić information content (AvgIpc) is 2.85. The van der Waals surface area contributed by atoms with E-state index >= 15 is 0 Å². The van der Waals surface area contributed by atoms with Gasteiger partial charge in [0, 0.05) is 12.2 Å². The smallest absolute Gasteiger partial charge is 0.330 e. The van der Waals surface area contributed by atoms with E-state index in [-0.39, 0.29) is 0 Å². The molecule has 0 saturated carbocycles. The van der Waals surface area contributed by atoms with Crippen molar-refractivity contribution in [1.82, 2.24) is 15.1 Å². The SMILES string of the molecule is Cc1c(C(=O)N[C@@H](C(=O)O)c2ccccc2)cnn1CC(C)C. The second-order valence-electron chi connectivity index (χ2n) is 5.88. The molecule has 2 N–H and O–H groups in total. The number of carboxylic acids is 1. The Hall–Kier alpha value is -2.63. The lowest BCUT2D eigenvalue weighted by Gasteiger charge is -2.15. The second-order valence-corrected chi connectivity index (χ2v) is 5.88. The molecule has 0 unspecified atom stereocenters. The van der Waals surface area contributed by atoms with Crippen LogP contribution in [0.4, 0.5) is 0 Å². The summed E-state index contributed by atoms with van der Waals surface area (Å²) in [6.07, 6.45) is 1.48. The second kappa shape index (κ2) is 7.09. The largest absolute Gasteiger partial charge is 0.479 e. The number of aliphatic carboxylic acids is 1. The van der Waals surface area contributed by atoms with Crippen molar-refractivity contribution in [2.45, 2.75) is 33.4 Å². The van der Waals surface area contributed by atoms with Crippen molar-refractivity contribution in [1.29, 1.82) is 0 Å². The summed E-state index contributed by atoms with van der Waals surface area (Å²) >= 11 is 0. The topological polar surface area (TPSA) is 84.2 Å². The van der Waals surface area contributed by atoms with Gasteiger partial charge in [-0.3, -0.25) is 9.48 Å². The zero-order chi connectivity index (χ0) is 17.0. The van der Waals surface area contributed by atoms with Crippen molar-refractivity contribution in [2.75, 3.05) is 0 Å². The van der Waals surface area contributed by atoms with E-state index in [9.17, 15) is 14.7 Å². The fourth-order valence-corrected chi connectivity index (χ4v) is 2.34. The number of nitrogens with zero attached hydrogens (tertiary/aromatic N) is 2. The van der Waals surface area contributed by atoms with Crippen molar-refractivity contribution in [3.63, 3.8) is 0 Å². The van der Waals surface area contributed by atoms with Gasteiger partial charge in [-0.25, -0.2) is 4.79 Å². The van der Waals surface area contributed by atoms with Gasteiger partial charge in [-0.1, -0.05) is 44.2 Å². The Morgan fingerprint density at radius 2 is 1.91 bits per heavy atom. The zero-order valence-corrected chi connectivity index (χ0v) is 13.5. The third-order valence-corrected chi connectivity index (χ3v) is 3.54. The van der Waals surface area contributed by atoms with Gasteiger partial charge in [-0.15, -0.1) is 0 Å². The lowest BCUT2D eigenvalue weighted by molar-refractivity contribution is -0.139. The number of carbonyl (C=O) groups excluding carboxylic acids is 1. The predicted molar refractivity (Wildman–Crippen MR) is 86.1 cm³/mol. The van der Waals surface area contributed by atoms with Crippen LogP contribution < -0.4 is 5.32 Å². The van der Waals surface area contributed by atoms with E-state index in [4.69, 9.17) is 0 Å². The summed E-state index contributed by atoms with van der Waals surface area (Å²) in [4.78, 5) is 23.9. The first-order valence-electron chi connectivity index (χ1n) is 7.51. The number of hydrogen-bond donors (Lipinski definition) is 2. The van der Waals surface area contributed by atoms with E-state index in [0.717, 1.165) is 5.69 Å². The molecular weight excluding hydrogens is 294 g/mol. The van der Waals surface area contributed by atoms with Gasteiger partial charge in [0.25, 0.3) is 5.91 Å². The first kappa shape index (κ1) is 16.7. The van der Waals surface area contributed by atoms with E-state index < -0.39 is 17.9 Å². The van der Waals surface area contributed by atoms with Crippen LogP contribution in [0.15, 0.2) is 36.5 Å². The summed E-state index contributed by atoms with van der Waals surface area (Å²) in [6.45, 7) is 6.65. The Morgan fingerprint density at radius 3 is 2.48 bits per heavy atom. The van der Waals surface area contributed by atoms with Crippen molar-refractivity contribution in [2.24, 2.45) is 5.92 Å². The van der Waals surface area contributed by atoms with Gasteiger partial charge < -0.3 is 10.4 Å². The standard InChI is InChI=1S/C17H21N3O3/c1-11(2)10-20-12(3)14(9-18-20)16(21)19-15(17(22)23)13-7-5-4-6-8-13/h4-9,11,15H,10H2,1-3H3,(H,19,21)(H,22,23)/t15-/m1/s1. The first-order valence-corrected chi connectivity index (χ1v) is 7.51. The maximum atomic E-state index is 12.4. The van der Waals surface area contributed by atoms with Crippen LogP contribution >= 0.6 is 0 Å². The molecule has 6 nitrogen and oxygen atoms in total. The van der Waals surface area contributed by atoms with Crippen molar-refractivity contribution < 1.29 is 14.7 Å². The van der Waals surface area contributed by atoms with Crippen LogP contribution in [0, 0.1) is 12.8 Å². The van der Waals surface area contributed by atoms with E-state index in [1.807, 2.05) is 6.92 Å². The summed E-state index contributed by atoms with van der Waals surface area (Å²) in [6, 6.07) is 7.54. The number of nitrogens with one attached hydrogen (secondary N) is 1. The summed E-state index contributed by atoms with van der Waals surface area (Å²) in [5.41, 5.74) is 1.65. The fraction of sp³-hybridized carbons (Fsp3) is 0.353. The monoisotopic (exact) mass is 315 g/mol. The molecule has 122 valence electrons. The van der Waals surface area contributed by atoms with Crippen LogP contribution in [0.5, 0.6) is 0 Å². The molecule has 0 aliphatic carbocycles. The Bertz CT molecular complexity index is 692. The maximum Gasteiger partial charge on any atom is 0.330 e. The highest BCUT2D eigenvalue weighted by Crippen LogP contribution is 2.15. The van der Waals surface area contributed by atoms with Gasteiger partial charge in [0.15, 0.2) is 6.04 Å². The molecular formula is C17H21N3O3. The molecule has 1 aromatic heterocycles. The lowest BCUT2D eigenvalue weighted by Crippen LogP contribution is -2.34. The van der Waals surface area contributed by atoms with Gasteiger partial charge in [0.05, 0.1) is 11.8 Å². The van der Waals surface area contributed by atoms with Crippen LogP contribution in [-0.4, -0.2) is 26.8 Å². The summed E-state index contributed by atoms with van der Waals surface area (Å²) in [7, 11) is 0. The molecule has 1 amide bonds. The molecule has 0 saturated heterocycles. The molecule has 0 aliphatic rings. The molecule has 0 aliphatic heterocycles. The minimum atomic E-state index is -1.10. The highest BCUT2D eigenvalue weighted by atomic mass is 16.4. The van der Waals surface area contributed by atoms with Gasteiger partial charge >= 0.3 is 5.97 Å². The lowest BCUT2D eigenvalue weighted by atomic mass is 10.1. The van der Waals surface area contributed by atoms with Crippen LogP contribution in [0.2, 0.25) is 0 Å². The number of aromatic nitrogens is 2. The Labute approximate surface area is 135 Å². The molecule has 23 heavy (non-hydrogen) atoms. The fourth-order valence-electron chi connectivity index (χ4n) is 2.34. The van der Waals surface area contributed by atoms with Crippen molar-refractivity contribution in [3.8, 4) is 0 Å². The predicted octanol–water partition coefficient (Wildman–Crippen LogP) is 2.40. The summed E-state index contributed by atoms with van der Waals surface area (Å²) in [5.74, 6) is -1.13. The number of rotatable bonds is 6. The Kier molecular flexibility index (Phi) is 5.16. The highest BCUT2D eigenvalue weighted by Gasteiger charge is 2.24. The number of benzene rings is 1. The molecule has 0 spiro atoms. The normalized spacial score (nSPS) is 12.2. The van der Waals surface area contributed by atoms with Crippen LogP contribution in [0.1, 0.15) is 41.5 Å². The highest BCUT2D eigenvalue weighted by molar-refractivity contribution is 5.97. The van der Waals surface area contributed by atoms with Crippen LogP contribution in [0.25, 0.3) is 0 Å². The molecule has 0 fully saturated rings. The minimum absolute atomic E-state index is 0.396. The number of amides is 1. The van der Waals surface area contributed by atoms with Crippen molar-refractivity contribution >= 4 is 11.9 Å². The zero-order valence-electron chi connectivity index (χ0n) is 13.5. The first-order chi connectivity index (χ1) is 10.9. The van der Waals surface area contributed by atoms with Gasteiger partial charge in [-0.2, -0.15) is 5.10 Å². The van der Waals surface area contributed by atoms with Gasteiger partial charge in [-0.05, 0) is 18.4 Å². The van der Waals surface area contributed by atoms with Crippen molar-refractivity contribution in [3.05, 3.63) is 53.3 Å². The minimum Gasteiger partial charge on any atom is -0.479 e. The number of carboxylic acid groups (broad SMARTS) is 1. The molecule has 2 rings (SSSR count). The quantitative estimate of drug-likeness (QED) is 0.857. The molecule has 1 atom stereocenters. The van der Waals surface area contributed by atoms with E-state index in [1.54, 1.807) is 35.0 Å². The van der Waals surface area contributed by atoms with Gasteiger partial charge in [0.2, 0.25) is 0 Å². The third kappa shape index (κ3) is 3.97. The van der Waals surface area contributed by atoms with E-state index in [0.29, 0.717) is 23.6 Å². The molecule has 1 aromatic carbocycles. The number of carbonyl (C=O) groups is 2. The van der Waals surface area contributed by atoms with Gasteiger partial charge in [0.1, 0.15) is 0 Å². The molecule has 0 bridgehead atoms. The number of hydrogen-bond acceptors (Lipinski definition) is 3. The Balaban J connectivity index is 2.20. The van der Waals surface area contributed by atoms with E-state index in [1.165, 1.54) is 6.20 Å². The third-order valence-electron chi connectivity index (χ3n) is 3.54. The molecule has 0 radical (unpaired) electrons.